The van der Waals surface area contributed by atoms with Gasteiger partial charge in [0.25, 0.3) is 0 Å². The highest BCUT2D eigenvalue weighted by Gasteiger charge is 2.19. The van der Waals surface area contributed by atoms with Crippen LogP contribution in [0.1, 0.15) is 17.2 Å². The van der Waals surface area contributed by atoms with Crippen molar-refractivity contribution in [2.24, 2.45) is 0 Å². The zero-order chi connectivity index (χ0) is 14.8. The molecule has 1 aromatic heterocycles. The largest absolute Gasteiger partial charge is 0.496 e. The normalized spacial score (nSPS) is 12.3. The maximum Gasteiger partial charge on any atom is 0.126 e. The van der Waals surface area contributed by atoms with E-state index in [0.29, 0.717) is 16.3 Å². The number of aromatic nitrogens is 1. The minimum absolute atomic E-state index is 0.480. The summed E-state index contributed by atoms with van der Waals surface area (Å²) in [5.41, 5.74) is 2.21. The van der Waals surface area contributed by atoms with Crippen LogP contribution >= 0.6 is 11.6 Å². The molecular formula is C17H14ClNO2. The van der Waals surface area contributed by atoms with Crippen LogP contribution < -0.4 is 4.74 Å². The Bertz CT molecular complexity index is 789. The topological polar surface area (TPSA) is 42.4 Å². The van der Waals surface area contributed by atoms with Crippen molar-refractivity contribution < 1.29 is 9.84 Å². The Morgan fingerprint density at radius 2 is 2.00 bits per heavy atom. The molecule has 0 bridgehead atoms. The summed E-state index contributed by atoms with van der Waals surface area (Å²) in [5, 5.41) is 12.1. The van der Waals surface area contributed by atoms with Gasteiger partial charge in [0, 0.05) is 17.1 Å². The van der Waals surface area contributed by atoms with Crippen LogP contribution in [0.5, 0.6) is 5.75 Å². The quantitative estimate of drug-likeness (QED) is 0.795. The van der Waals surface area contributed by atoms with E-state index in [1.54, 1.807) is 31.5 Å². The molecule has 21 heavy (non-hydrogen) atoms. The van der Waals surface area contributed by atoms with Crippen molar-refractivity contribution in [2.75, 3.05) is 7.11 Å². The average Bonchev–Trinajstić information content (AvgIpc) is 2.53. The molecule has 0 spiro atoms. The molecule has 1 heterocycles. The summed E-state index contributed by atoms with van der Waals surface area (Å²) in [4.78, 5) is 4.27. The molecule has 3 nitrogen and oxygen atoms in total. The highest BCUT2D eigenvalue weighted by molar-refractivity contribution is 6.31. The molecule has 0 aliphatic carbocycles. The highest BCUT2D eigenvalue weighted by Crippen LogP contribution is 2.36. The molecule has 1 N–H and O–H groups in total. The Labute approximate surface area is 127 Å². The number of benzene rings is 2. The van der Waals surface area contributed by atoms with Gasteiger partial charge in [0.1, 0.15) is 11.9 Å². The maximum absolute atomic E-state index is 10.7. The van der Waals surface area contributed by atoms with Crippen LogP contribution in [0, 0.1) is 0 Å². The molecule has 0 aliphatic rings. The SMILES string of the molecule is COc1cccc(Cl)c1C(O)c1ccc2ncccc2c1. The lowest BCUT2D eigenvalue weighted by atomic mass is 9.99. The summed E-state index contributed by atoms with van der Waals surface area (Å²) >= 11 is 6.22. The van der Waals surface area contributed by atoms with Crippen molar-refractivity contribution in [3.63, 3.8) is 0 Å². The van der Waals surface area contributed by atoms with Gasteiger partial charge < -0.3 is 9.84 Å². The summed E-state index contributed by atoms with van der Waals surface area (Å²) < 4.78 is 5.30. The van der Waals surface area contributed by atoms with Gasteiger partial charge >= 0.3 is 0 Å². The van der Waals surface area contributed by atoms with Crippen molar-refractivity contribution in [1.82, 2.24) is 4.98 Å². The second kappa shape index (κ2) is 5.72. The van der Waals surface area contributed by atoms with Gasteiger partial charge in [0.05, 0.1) is 17.6 Å². The molecular weight excluding hydrogens is 286 g/mol. The van der Waals surface area contributed by atoms with E-state index >= 15 is 0 Å². The van der Waals surface area contributed by atoms with Crippen LogP contribution in [0.15, 0.2) is 54.7 Å². The Morgan fingerprint density at radius 1 is 1.14 bits per heavy atom. The Balaban J connectivity index is 2.10. The minimum atomic E-state index is -0.849. The van der Waals surface area contributed by atoms with E-state index in [0.717, 1.165) is 16.5 Å². The number of hydrogen-bond acceptors (Lipinski definition) is 3. The van der Waals surface area contributed by atoms with Crippen molar-refractivity contribution in [3.8, 4) is 5.75 Å². The van der Waals surface area contributed by atoms with Gasteiger partial charge in [-0.3, -0.25) is 4.98 Å². The first kappa shape index (κ1) is 13.9. The lowest BCUT2D eigenvalue weighted by molar-refractivity contribution is 0.215. The van der Waals surface area contributed by atoms with Crippen LogP contribution in [0.25, 0.3) is 10.9 Å². The van der Waals surface area contributed by atoms with Gasteiger partial charge in [-0.05, 0) is 35.9 Å². The van der Waals surface area contributed by atoms with E-state index < -0.39 is 6.10 Å². The smallest absolute Gasteiger partial charge is 0.126 e. The zero-order valence-electron chi connectivity index (χ0n) is 11.5. The molecule has 4 heteroatoms. The standard InChI is InChI=1S/C17H14ClNO2/c1-21-15-6-2-5-13(18)16(15)17(20)12-7-8-14-11(10-12)4-3-9-19-14/h2-10,17,20H,1H3. The van der Waals surface area contributed by atoms with E-state index in [2.05, 4.69) is 4.98 Å². The molecule has 0 fully saturated rings. The van der Waals surface area contributed by atoms with Crippen LogP contribution in [-0.2, 0) is 0 Å². The number of fused-ring (bicyclic) bond motifs is 1. The molecule has 0 amide bonds. The van der Waals surface area contributed by atoms with Crippen LogP contribution in [-0.4, -0.2) is 17.2 Å². The second-order valence-corrected chi connectivity index (χ2v) is 5.12. The number of ether oxygens (including phenoxy) is 1. The number of pyridine rings is 1. The number of nitrogens with zero attached hydrogens (tertiary/aromatic N) is 1. The van der Waals surface area contributed by atoms with Gasteiger partial charge in [-0.25, -0.2) is 0 Å². The first-order chi connectivity index (χ1) is 10.2. The minimum Gasteiger partial charge on any atom is -0.496 e. The first-order valence-corrected chi connectivity index (χ1v) is 6.93. The third-order valence-electron chi connectivity index (χ3n) is 3.45. The maximum atomic E-state index is 10.7. The van der Waals surface area contributed by atoms with Crippen molar-refractivity contribution in [2.45, 2.75) is 6.10 Å². The molecule has 3 rings (SSSR count). The third kappa shape index (κ3) is 2.58. The molecule has 1 unspecified atom stereocenters. The molecule has 0 saturated carbocycles. The van der Waals surface area contributed by atoms with E-state index in [-0.39, 0.29) is 0 Å². The third-order valence-corrected chi connectivity index (χ3v) is 3.78. The second-order valence-electron chi connectivity index (χ2n) is 4.71. The summed E-state index contributed by atoms with van der Waals surface area (Å²) in [6.45, 7) is 0. The first-order valence-electron chi connectivity index (χ1n) is 6.56. The van der Waals surface area contributed by atoms with E-state index in [1.165, 1.54) is 0 Å². The van der Waals surface area contributed by atoms with Crippen LogP contribution in [0.3, 0.4) is 0 Å². The fourth-order valence-corrected chi connectivity index (χ4v) is 2.66. The molecule has 1 atom stereocenters. The van der Waals surface area contributed by atoms with E-state index in [1.807, 2.05) is 30.3 Å². The average molecular weight is 300 g/mol. The number of aliphatic hydroxyl groups excluding tert-OH is 1. The van der Waals surface area contributed by atoms with Gasteiger partial charge in [-0.1, -0.05) is 29.8 Å². The van der Waals surface area contributed by atoms with Crippen LogP contribution in [0.2, 0.25) is 5.02 Å². The molecule has 3 aromatic rings. The predicted octanol–water partition coefficient (Wildman–Crippen LogP) is 3.98. The predicted molar refractivity (Wildman–Crippen MR) is 83.8 cm³/mol. The van der Waals surface area contributed by atoms with Gasteiger partial charge in [0.15, 0.2) is 0 Å². The Kier molecular flexibility index (Phi) is 3.78. The molecule has 0 saturated heterocycles. The Morgan fingerprint density at radius 3 is 2.81 bits per heavy atom. The van der Waals surface area contributed by atoms with E-state index in [9.17, 15) is 5.11 Å². The van der Waals surface area contributed by atoms with Crippen molar-refractivity contribution in [1.29, 1.82) is 0 Å². The number of aliphatic hydroxyl groups is 1. The van der Waals surface area contributed by atoms with E-state index in [4.69, 9.17) is 16.3 Å². The number of hydrogen-bond donors (Lipinski definition) is 1. The molecule has 0 aliphatic heterocycles. The molecule has 2 aromatic carbocycles. The van der Waals surface area contributed by atoms with Gasteiger partial charge in [-0.15, -0.1) is 0 Å². The Hall–Kier alpha value is -2.10. The summed E-state index contributed by atoms with van der Waals surface area (Å²) in [6, 6.07) is 14.8. The monoisotopic (exact) mass is 299 g/mol. The van der Waals surface area contributed by atoms with Crippen molar-refractivity contribution >= 4 is 22.5 Å². The summed E-state index contributed by atoms with van der Waals surface area (Å²) in [7, 11) is 1.56. The van der Waals surface area contributed by atoms with Crippen LogP contribution in [0.4, 0.5) is 0 Å². The highest BCUT2D eigenvalue weighted by atomic mass is 35.5. The molecule has 0 radical (unpaired) electrons. The fourth-order valence-electron chi connectivity index (χ4n) is 2.39. The number of rotatable bonds is 3. The van der Waals surface area contributed by atoms with Crippen molar-refractivity contribution in [3.05, 3.63) is 70.9 Å². The summed E-state index contributed by atoms with van der Waals surface area (Å²) in [6.07, 6.45) is 0.897. The lowest BCUT2D eigenvalue weighted by Crippen LogP contribution is -2.03. The number of halogens is 1. The number of methoxy groups -OCH3 is 1. The lowest BCUT2D eigenvalue weighted by Gasteiger charge is -2.17. The van der Waals surface area contributed by atoms with Gasteiger partial charge in [-0.2, -0.15) is 0 Å². The zero-order valence-corrected chi connectivity index (χ0v) is 12.2. The fraction of sp³-hybridized carbons (Fsp3) is 0.118. The summed E-state index contributed by atoms with van der Waals surface area (Å²) in [5.74, 6) is 0.571. The molecule has 106 valence electrons. The van der Waals surface area contributed by atoms with Gasteiger partial charge in [0.2, 0.25) is 0 Å².